The molecule has 0 aliphatic carbocycles. The lowest BCUT2D eigenvalue weighted by molar-refractivity contribution is -0.160. The van der Waals surface area contributed by atoms with Crippen molar-refractivity contribution in [2.75, 3.05) is 33.9 Å². The molecule has 1 aliphatic rings. The first-order valence-corrected chi connectivity index (χ1v) is 6.39. The Morgan fingerprint density at radius 1 is 1.50 bits per heavy atom. The number of ether oxygens (including phenoxy) is 3. The van der Waals surface area contributed by atoms with Crippen LogP contribution in [0.1, 0.15) is 5.56 Å². The van der Waals surface area contributed by atoms with Gasteiger partial charge in [0, 0.05) is 25.2 Å². The fraction of sp³-hybridized carbons (Fsp3) is 0.500. The molecular weight excluding hydrogens is 265 g/mol. The Hall–Kier alpha value is -1.66. The van der Waals surface area contributed by atoms with Crippen molar-refractivity contribution in [1.29, 1.82) is 0 Å². The third-order valence-electron chi connectivity index (χ3n) is 3.27. The minimum absolute atomic E-state index is 0.222. The van der Waals surface area contributed by atoms with Gasteiger partial charge < -0.3 is 14.2 Å². The average Bonchev–Trinajstić information content (AvgIpc) is 2.49. The zero-order valence-corrected chi connectivity index (χ0v) is 11.6. The number of rotatable bonds is 4. The van der Waals surface area contributed by atoms with Gasteiger partial charge in [-0.2, -0.15) is 0 Å². The third-order valence-corrected chi connectivity index (χ3v) is 3.27. The molecular formula is C14H18FNO4. The summed E-state index contributed by atoms with van der Waals surface area (Å²) in [5.41, 5.74) is 0.537. The normalized spacial score (nSPS) is 19.6. The van der Waals surface area contributed by atoms with Crippen LogP contribution in [-0.2, 0) is 20.8 Å². The Morgan fingerprint density at radius 3 is 3.00 bits per heavy atom. The van der Waals surface area contributed by atoms with E-state index >= 15 is 0 Å². The topological polar surface area (TPSA) is 48.0 Å². The van der Waals surface area contributed by atoms with Gasteiger partial charge in [0.1, 0.15) is 0 Å². The second kappa shape index (κ2) is 6.67. The maximum absolute atomic E-state index is 14.1. The van der Waals surface area contributed by atoms with E-state index in [2.05, 4.69) is 4.74 Å². The van der Waals surface area contributed by atoms with E-state index in [1.165, 1.54) is 14.2 Å². The molecule has 0 spiro atoms. The molecule has 6 heteroatoms. The number of benzene rings is 1. The molecule has 5 nitrogen and oxygen atoms in total. The second-order valence-corrected chi connectivity index (χ2v) is 4.55. The maximum atomic E-state index is 14.1. The van der Waals surface area contributed by atoms with Crippen molar-refractivity contribution < 1.29 is 23.4 Å². The molecule has 0 aromatic heterocycles. The minimum atomic E-state index is -0.609. The highest BCUT2D eigenvalue weighted by Crippen LogP contribution is 2.22. The number of esters is 1. The van der Waals surface area contributed by atoms with Crippen LogP contribution in [-0.4, -0.2) is 50.9 Å². The molecule has 20 heavy (non-hydrogen) atoms. The van der Waals surface area contributed by atoms with E-state index < -0.39 is 12.1 Å². The first-order chi connectivity index (χ1) is 9.65. The summed E-state index contributed by atoms with van der Waals surface area (Å²) in [5.74, 6) is -0.544. The van der Waals surface area contributed by atoms with Gasteiger partial charge in [-0.25, -0.2) is 9.18 Å². The molecule has 0 saturated carbocycles. The Kier molecular flexibility index (Phi) is 4.92. The molecule has 0 amide bonds. The number of carbonyl (C=O) groups is 1. The molecule has 1 atom stereocenters. The molecule has 0 N–H and O–H groups in total. The first-order valence-electron chi connectivity index (χ1n) is 6.39. The van der Waals surface area contributed by atoms with Crippen LogP contribution < -0.4 is 4.74 Å². The second-order valence-electron chi connectivity index (χ2n) is 4.55. The molecule has 1 unspecified atom stereocenters. The molecule has 1 aromatic rings. The van der Waals surface area contributed by atoms with Crippen LogP contribution in [0.25, 0.3) is 0 Å². The van der Waals surface area contributed by atoms with Crippen LogP contribution in [0.3, 0.4) is 0 Å². The molecule has 2 rings (SSSR count). The van der Waals surface area contributed by atoms with Crippen LogP contribution in [0, 0.1) is 5.82 Å². The van der Waals surface area contributed by atoms with Crippen molar-refractivity contribution in [2.45, 2.75) is 12.6 Å². The SMILES string of the molecule is COC(=O)C1CN(Cc2cccc(OC)c2F)CCO1. The van der Waals surface area contributed by atoms with Gasteiger partial charge >= 0.3 is 5.97 Å². The van der Waals surface area contributed by atoms with Crippen molar-refractivity contribution in [3.8, 4) is 5.75 Å². The molecule has 1 heterocycles. The Bertz CT molecular complexity index is 480. The summed E-state index contributed by atoms with van der Waals surface area (Å²) in [5, 5.41) is 0. The number of methoxy groups -OCH3 is 2. The van der Waals surface area contributed by atoms with Gasteiger partial charge in [0.2, 0.25) is 0 Å². The fourth-order valence-electron chi connectivity index (χ4n) is 2.20. The Labute approximate surface area is 117 Å². The monoisotopic (exact) mass is 283 g/mol. The lowest BCUT2D eigenvalue weighted by Gasteiger charge is -2.31. The van der Waals surface area contributed by atoms with Crippen molar-refractivity contribution in [3.05, 3.63) is 29.6 Å². The quantitative estimate of drug-likeness (QED) is 0.777. The van der Waals surface area contributed by atoms with Crippen molar-refractivity contribution in [2.24, 2.45) is 0 Å². The molecule has 0 bridgehead atoms. The smallest absolute Gasteiger partial charge is 0.336 e. The number of morpholine rings is 1. The molecule has 1 fully saturated rings. The highest BCUT2D eigenvalue weighted by molar-refractivity contribution is 5.74. The van der Waals surface area contributed by atoms with Crippen LogP contribution >= 0.6 is 0 Å². The van der Waals surface area contributed by atoms with Gasteiger partial charge in [-0.1, -0.05) is 12.1 Å². The van der Waals surface area contributed by atoms with E-state index in [9.17, 15) is 9.18 Å². The highest BCUT2D eigenvalue weighted by atomic mass is 19.1. The van der Waals surface area contributed by atoms with E-state index in [-0.39, 0.29) is 11.6 Å². The number of halogens is 1. The summed E-state index contributed by atoms with van der Waals surface area (Å²) in [7, 11) is 2.76. The van der Waals surface area contributed by atoms with Crippen molar-refractivity contribution >= 4 is 5.97 Å². The van der Waals surface area contributed by atoms with Gasteiger partial charge in [0.15, 0.2) is 17.7 Å². The largest absolute Gasteiger partial charge is 0.494 e. The molecule has 1 aromatic carbocycles. The van der Waals surface area contributed by atoms with Crippen molar-refractivity contribution in [3.63, 3.8) is 0 Å². The number of hydrogen-bond acceptors (Lipinski definition) is 5. The standard InChI is InChI=1S/C14H18FNO4/c1-18-11-5-3-4-10(13(11)15)8-16-6-7-20-12(9-16)14(17)19-2/h3-5,12H,6-9H2,1-2H3. The van der Waals surface area contributed by atoms with Gasteiger partial charge in [-0.05, 0) is 6.07 Å². The van der Waals surface area contributed by atoms with Gasteiger partial charge in [-0.15, -0.1) is 0 Å². The fourth-order valence-corrected chi connectivity index (χ4v) is 2.20. The number of carbonyl (C=O) groups excluding carboxylic acids is 1. The molecule has 0 radical (unpaired) electrons. The lowest BCUT2D eigenvalue weighted by atomic mass is 10.1. The lowest BCUT2D eigenvalue weighted by Crippen LogP contribution is -2.46. The van der Waals surface area contributed by atoms with E-state index in [1.807, 2.05) is 4.90 Å². The Balaban J connectivity index is 2.04. The summed E-state index contributed by atoms with van der Waals surface area (Å²) >= 11 is 0. The van der Waals surface area contributed by atoms with Crippen molar-refractivity contribution in [1.82, 2.24) is 4.90 Å². The number of nitrogens with zero attached hydrogens (tertiary/aromatic N) is 1. The van der Waals surface area contributed by atoms with E-state index in [0.29, 0.717) is 31.8 Å². The summed E-state index contributed by atoms with van der Waals surface area (Å²) in [6.07, 6.45) is -0.609. The number of hydrogen-bond donors (Lipinski definition) is 0. The summed E-state index contributed by atoms with van der Waals surface area (Å²) in [4.78, 5) is 13.4. The van der Waals surface area contributed by atoms with E-state index in [1.54, 1.807) is 18.2 Å². The van der Waals surface area contributed by atoms with E-state index in [4.69, 9.17) is 9.47 Å². The zero-order chi connectivity index (χ0) is 14.5. The van der Waals surface area contributed by atoms with Crippen LogP contribution in [0.2, 0.25) is 0 Å². The maximum Gasteiger partial charge on any atom is 0.336 e. The highest BCUT2D eigenvalue weighted by Gasteiger charge is 2.27. The molecule has 110 valence electrons. The summed E-state index contributed by atoms with van der Waals surface area (Å²) in [6.45, 7) is 1.86. The summed E-state index contributed by atoms with van der Waals surface area (Å²) in [6, 6.07) is 5.03. The van der Waals surface area contributed by atoms with Crippen LogP contribution in [0.4, 0.5) is 4.39 Å². The molecule has 1 saturated heterocycles. The minimum Gasteiger partial charge on any atom is -0.494 e. The Morgan fingerprint density at radius 2 is 2.30 bits per heavy atom. The predicted octanol–water partition coefficient (Wildman–Crippen LogP) is 1.21. The first kappa shape index (κ1) is 14.7. The predicted molar refractivity (Wildman–Crippen MR) is 70.0 cm³/mol. The van der Waals surface area contributed by atoms with Crippen LogP contribution in [0.15, 0.2) is 18.2 Å². The molecule has 1 aliphatic heterocycles. The van der Waals surface area contributed by atoms with Gasteiger partial charge in [-0.3, -0.25) is 4.90 Å². The van der Waals surface area contributed by atoms with Crippen LogP contribution in [0.5, 0.6) is 5.75 Å². The zero-order valence-electron chi connectivity index (χ0n) is 11.6. The summed E-state index contributed by atoms with van der Waals surface area (Å²) < 4.78 is 29.0. The van der Waals surface area contributed by atoms with Gasteiger partial charge in [0.05, 0.1) is 20.8 Å². The third kappa shape index (κ3) is 3.26. The average molecular weight is 283 g/mol. The van der Waals surface area contributed by atoms with E-state index in [0.717, 1.165) is 0 Å². The van der Waals surface area contributed by atoms with Gasteiger partial charge in [0.25, 0.3) is 0 Å².